The minimum Gasteiger partial charge on any atom is -0.507 e. The monoisotopic (exact) mass is 264 g/mol. The van der Waals surface area contributed by atoms with E-state index in [-0.39, 0.29) is 18.1 Å². The number of hydrogen-bond donors (Lipinski definition) is 1. The van der Waals surface area contributed by atoms with Gasteiger partial charge in [-0.3, -0.25) is 4.79 Å². The Balaban J connectivity index is 1.92. The van der Waals surface area contributed by atoms with Crippen molar-refractivity contribution >= 4 is 16.6 Å². The highest BCUT2D eigenvalue weighted by Gasteiger charge is 2.13. The number of rotatable bonds is 3. The van der Waals surface area contributed by atoms with Crippen LogP contribution in [-0.2, 0) is 6.54 Å². The Morgan fingerprint density at radius 2 is 1.80 bits per heavy atom. The first-order valence-corrected chi connectivity index (χ1v) is 6.43. The second kappa shape index (κ2) is 5.13. The van der Waals surface area contributed by atoms with Gasteiger partial charge in [0.2, 0.25) is 12.3 Å². The Bertz CT molecular complexity index is 766. The summed E-state index contributed by atoms with van der Waals surface area (Å²) in [7, 11) is 0. The molecule has 0 amide bonds. The highest BCUT2D eigenvalue weighted by atomic mass is 16.3. The molecule has 0 saturated heterocycles. The van der Waals surface area contributed by atoms with Crippen molar-refractivity contribution in [1.29, 1.82) is 0 Å². The lowest BCUT2D eigenvalue weighted by molar-refractivity contribution is -0.681. The minimum absolute atomic E-state index is 0.0466. The van der Waals surface area contributed by atoms with Gasteiger partial charge in [-0.2, -0.15) is 4.57 Å². The Hall–Kier alpha value is -2.68. The quantitative estimate of drug-likeness (QED) is 0.583. The van der Waals surface area contributed by atoms with Gasteiger partial charge in [-0.25, -0.2) is 0 Å². The number of aromatic nitrogens is 1. The fraction of sp³-hybridized carbons (Fsp3) is 0.0588. The van der Waals surface area contributed by atoms with E-state index < -0.39 is 0 Å². The molecule has 3 rings (SSSR count). The topological polar surface area (TPSA) is 41.2 Å². The van der Waals surface area contributed by atoms with Crippen LogP contribution in [0.3, 0.4) is 0 Å². The Morgan fingerprint density at radius 1 is 1.00 bits per heavy atom. The smallest absolute Gasteiger partial charge is 0.227 e. The molecule has 0 aliphatic heterocycles. The van der Waals surface area contributed by atoms with E-state index in [9.17, 15) is 9.90 Å². The fourth-order valence-electron chi connectivity index (χ4n) is 2.22. The van der Waals surface area contributed by atoms with Crippen LogP contribution in [0.15, 0.2) is 67.0 Å². The number of ketones is 1. The number of phenolic OH excluding ortho intramolecular Hbond substituents is 1. The first-order chi connectivity index (χ1) is 9.74. The molecule has 0 saturated carbocycles. The number of benzene rings is 2. The predicted molar refractivity (Wildman–Crippen MR) is 76.6 cm³/mol. The number of carbonyl (C=O) groups is 1. The number of hydrogen-bond acceptors (Lipinski definition) is 2. The molecule has 1 heterocycles. The zero-order valence-corrected chi connectivity index (χ0v) is 10.9. The molecule has 3 aromatic rings. The molecule has 0 spiro atoms. The molecule has 0 atom stereocenters. The first-order valence-electron chi connectivity index (χ1n) is 6.43. The fourth-order valence-corrected chi connectivity index (χ4v) is 2.22. The van der Waals surface area contributed by atoms with Crippen LogP contribution >= 0.6 is 0 Å². The Morgan fingerprint density at radius 3 is 2.60 bits per heavy atom. The molecule has 3 heteroatoms. The molecule has 3 nitrogen and oxygen atoms in total. The normalized spacial score (nSPS) is 10.6. The lowest BCUT2D eigenvalue weighted by atomic mass is 10.1. The van der Waals surface area contributed by atoms with E-state index in [1.165, 1.54) is 0 Å². The molecule has 0 radical (unpaired) electrons. The number of phenols is 1. The van der Waals surface area contributed by atoms with Crippen LogP contribution in [0.4, 0.5) is 0 Å². The van der Waals surface area contributed by atoms with Gasteiger partial charge in [-0.05, 0) is 11.5 Å². The number of aromatic hydroxyl groups is 1. The summed E-state index contributed by atoms with van der Waals surface area (Å²) < 4.78 is 1.79. The summed E-state index contributed by atoms with van der Waals surface area (Å²) in [4.78, 5) is 12.2. The van der Waals surface area contributed by atoms with Crippen molar-refractivity contribution < 1.29 is 14.5 Å². The van der Waals surface area contributed by atoms with E-state index in [2.05, 4.69) is 0 Å². The van der Waals surface area contributed by atoms with E-state index >= 15 is 0 Å². The van der Waals surface area contributed by atoms with Crippen molar-refractivity contribution in [2.75, 3.05) is 0 Å². The van der Waals surface area contributed by atoms with Crippen LogP contribution in [-0.4, -0.2) is 10.9 Å². The summed E-state index contributed by atoms with van der Waals surface area (Å²) >= 11 is 0. The summed E-state index contributed by atoms with van der Waals surface area (Å²) in [6.07, 6.45) is 3.65. The second-order valence-electron chi connectivity index (χ2n) is 4.69. The SMILES string of the molecule is O=C(C[n+]1ccc2cccc(O)c2c1)c1ccccc1. The van der Waals surface area contributed by atoms with Crippen molar-refractivity contribution in [3.63, 3.8) is 0 Å². The van der Waals surface area contributed by atoms with E-state index in [4.69, 9.17) is 0 Å². The third-order valence-corrected chi connectivity index (χ3v) is 3.28. The second-order valence-corrected chi connectivity index (χ2v) is 4.69. The van der Waals surface area contributed by atoms with Gasteiger partial charge in [-0.15, -0.1) is 0 Å². The molecular formula is C17H14NO2+. The summed E-state index contributed by atoms with van der Waals surface area (Å²) in [6, 6.07) is 16.5. The highest BCUT2D eigenvalue weighted by Crippen LogP contribution is 2.21. The van der Waals surface area contributed by atoms with E-state index in [0.717, 1.165) is 10.8 Å². The molecule has 20 heavy (non-hydrogen) atoms. The number of fused-ring (bicyclic) bond motifs is 1. The van der Waals surface area contributed by atoms with Crippen molar-refractivity contribution in [2.24, 2.45) is 0 Å². The molecule has 0 unspecified atom stereocenters. The number of pyridine rings is 1. The molecular weight excluding hydrogens is 250 g/mol. The Kier molecular flexibility index (Phi) is 3.17. The molecule has 1 N–H and O–H groups in total. The van der Waals surface area contributed by atoms with Gasteiger partial charge in [0, 0.05) is 11.6 Å². The van der Waals surface area contributed by atoms with Crippen LogP contribution in [0, 0.1) is 0 Å². The molecule has 0 aliphatic rings. The van der Waals surface area contributed by atoms with Gasteiger partial charge in [0.1, 0.15) is 5.75 Å². The first kappa shape index (κ1) is 12.4. The molecule has 1 aromatic heterocycles. The van der Waals surface area contributed by atoms with Crippen LogP contribution in [0.25, 0.3) is 10.8 Å². The largest absolute Gasteiger partial charge is 0.507 e. The number of carbonyl (C=O) groups excluding carboxylic acids is 1. The Labute approximate surface area is 116 Å². The van der Waals surface area contributed by atoms with Gasteiger partial charge < -0.3 is 5.11 Å². The van der Waals surface area contributed by atoms with Gasteiger partial charge in [-0.1, -0.05) is 42.5 Å². The van der Waals surface area contributed by atoms with Crippen molar-refractivity contribution in [3.05, 3.63) is 72.6 Å². The van der Waals surface area contributed by atoms with Gasteiger partial charge in [0.15, 0.2) is 12.4 Å². The van der Waals surface area contributed by atoms with Gasteiger partial charge in [0.25, 0.3) is 0 Å². The average molecular weight is 264 g/mol. The highest BCUT2D eigenvalue weighted by molar-refractivity contribution is 5.95. The maximum Gasteiger partial charge on any atom is 0.227 e. The lowest BCUT2D eigenvalue weighted by Gasteiger charge is -2.01. The van der Waals surface area contributed by atoms with E-state index in [1.807, 2.05) is 36.5 Å². The zero-order valence-electron chi connectivity index (χ0n) is 10.9. The van der Waals surface area contributed by atoms with Crippen LogP contribution in [0.2, 0.25) is 0 Å². The molecule has 0 bridgehead atoms. The molecule has 0 fully saturated rings. The number of Topliss-reactive ketones (excluding diaryl/α,β-unsaturated/α-hetero) is 1. The summed E-state index contributed by atoms with van der Waals surface area (Å²) in [5, 5.41) is 11.5. The third kappa shape index (κ3) is 2.38. The summed E-state index contributed by atoms with van der Waals surface area (Å²) in [5.74, 6) is 0.273. The minimum atomic E-state index is 0.0466. The van der Waals surface area contributed by atoms with E-state index in [1.54, 1.807) is 35.0 Å². The van der Waals surface area contributed by atoms with Crippen molar-refractivity contribution in [2.45, 2.75) is 6.54 Å². The zero-order chi connectivity index (χ0) is 13.9. The average Bonchev–Trinajstić information content (AvgIpc) is 2.49. The van der Waals surface area contributed by atoms with Crippen molar-refractivity contribution in [3.8, 4) is 5.75 Å². The van der Waals surface area contributed by atoms with Crippen LogP contribution < -0.4 is 4.57 Å². The van der Waals surface area contributed by atoms with Gasteiger partial charge in [0.05, 0.1) is 5.39 Å². The maximum absolute atomic E-state index is 12.2. The standard InChI is InChI=1S/C17H13NO2/c19-16-8-4-7-13-9-10-18(11-15(13)16)12-17(20)14-5-2-1-3-6-14/h1-11H,12H2/p+1. The molecule has 0 aliphatic carbocycles. The number of nitrogens with zero attached hydrogens (tertiary/aromatic N) is 1. The van der Waals surface area contributed by atoms with Crippen LogP contribution in [0.5, 0.6) is 5.75 Å². The third-order valence-electron chi connectivity index (χ3n) is 3.28. The molecule has 98 valence electrons. The predicted octanol–water partition coefficient (Wildman–Crippen LogP) is 2.72. The van der Waals surface area contributed by atoms with Crippen molar-refractivity contribution in [1.82, 2.24) is 0 Å². The van der Waals surface area contributed by atoms with Gasteiger partial charge >= 0.3 is 0 Å². The van der Waals surface area contributed by atoms with Crippen LogP contribution in [0.1, 0.15) is 10.4 Å². The molecule has 2 aromatic carbocycles. The maximum atomic E-state index is 12.2. The summed E-state index contributed by atoms with van der Waals surface area (Å²) in [6.45, 7) is 0.258. The van der Waals surface area contributed by atoms with E-state index in [0.29, 0.717) is 5.56 Å². The lowest BCUT2D eigenvalue weighted by Crippen LogP contribution is -2.37. The summed E-state index contributed by atoms with van der Waals surface area (Å²) in [5.41, 5.74) is 0.692.